The van der Waals surface area contributed by atoms with E-state index in [1.54, 1.807) is 4.68 Å². The molecule has 1 unspecified atom stereocenters. The lowest BCUT2D eigenvalue weighted by atomic mass is 10.0. The molecular weight excluding hydrogens is 505 g/mol. The number of hydrogen-bond acceptors (Lipinski definition) is 5. The molecule has 0 saturated carbocycles. The number of anilines is 1. The largest absolute Gasteiger partial charge is 0.382 e. The smallest absolute Gasteiger partial charge is 0.191 e. The fraction of sp³-hybridized carbons (Fsp3) is 0.500. The molecule has 1 fully saturated rings. The molecule has 9 heteroatoms. The molecule has 1 aliphatic rings. The molecule has 1 atom stereocenters. The van der Waals surface area contributed by atoms with Gasteiger partial charge < -0.3 is 21.1 Å². The van der Waals surface area contributed by atoms with Crippen molar-refractivity contribution in [2.24, 2.45) is 4.99 Å². The normalized spacial score (nSPS) is 18.3. The fourth-order valence-electron chi connectivity index (χ4n) is 3.55. The molecule has 0 bridgehead atoms. The van der Waals surface area contributed by atoms with E-state index in [0.717, 1.165) is 49.8 Å². The summed E-state index contributed by atoms with van der Waals surface area (Å²) >= 11 is 0. The van der Waals surface area contributed by atoms with E-state index >= 15 is 0 Å². The van der Waals surface area contributed by atoms with Crippen molar-refractivity contribution in [1.29, 1.82) is 5.26 Å². The molecule has 1 aromatic heterocycles. The molecular formula is C22H32IN7O. The molecule has 8 nitrogen and oxygen atoms in total. The van der Waals surface area contributed by atoms with Crippen LogP contribution in [0.4, 0.5) is 5.82 Å². The monoisotopic (exact) mass is 537 g/mol. The number of hydrogen-bond donors (Lipinski definition) is 3. The molecule has 0 spiro atoms. The van der Waals surface area contributed by atoms with E-state index in [-0.39, 0.29) is 29.6 Å². The van der Waals surface area contributed by atoms with Gasteiger partial charge in [0.05, 0.1) is 23.5 Å². The van der Waals surface area contributed by atoms with Crippen LogP contribution in [0.3, 0.4) is 0 Å². The Hall–Kier alpha value is -2.32. The van der Waals surface area contributed by atoms with Crippen molar-refractivity contribution < 1.29 is 4.74 Å². The second-order valence-electron chi connectivity index (χ2n) is 7.69. The van der Waals surface area contributed by atoms with Crippen LogP contribution >= 0.6 is 24.0 Å². The zero-order chi connectivity index (χ0) is 21.4. The fourth-order valence-corrected chi connectivity index (χ4v) is 3.55. The molecule has 0 radical (unpaired) electrons. The number of nitrogen functional groups attached to an aromatic ring is 1. The van der Waals surface area contributed by atoms with Crippen molar-refractivity contribution in [3.05, 3.63) is 41.6 Å². The maximum atomic E-state index is 9.53. The maximum Gasteiger partial charge on any atom is 0.191 e. The topological polar surface area (TPSA) is 113 Å². The summed E-state index contributed by atoms with van der Waals surface area (Å²) in [4.78, 5) is 4.68. The standard InChI is InChI=1S/C22H31N7O.HI/c1-3-25-21(27-16-22(2)12-8-14-30-22)26-13-7-11-19-18(15-23)20(24)29(28-19)17-9-5-4-6-10-17;/h4-6,9-10H,3,7-8,11-14,16,24H2,1-2H3,(H2,25,26,27);1H. The van der Waals surface area contributed by atoms with Gasteiger partial charge in [-0.15, -0.1) is 24.0 Å². The molecule has 31 heavy (non-hydrogen) atoms. The van der Waals surface area contributed by atoms with Crippen molar-refractivity contribution >= 4 is 35.8 Å². The lowest BCUT2D eigenvalue weighted by Gasteiger charge is -2.21. The molecule has 1 saturated heterocycles. The highest BCUT2D eigenvalue weighted by Crippen LogP contribution is 2.25. The molecule has 2 heterocycles. The molecule has 0 amide bonds. The van der Waals surface area contributed by atoms with E-state index < -0.39 is 0 Å². The Morgan fingerprint density at radius 2 is 2.13 bits per heavy atom. The van der Waals surface area contributed by atoms with Gasteiger partial charge in [0.25, 0.3) is 0 Å². The Labute approximate surface area is 201 Å². The van der Waals surface area contributed by atoms with Crippen LogP contribution in [0.5, 0.6) is 0 Å². The quantitative estimate of drug-likeness (QED) is 0.207. The first-order valence-corrected chi connectivity index (χ1v) is 10.6. The summed E-state index contributed by atoms with van der Waals surface area (Å²) < 4.78 is 7.45. The van der Waals surface area contributed by atoms with Crippen LogP contribution in [0, 0.1) is 11.3 Å². The Morgan fingerprint density at radius 1 is 1.35 bits per heavy atom. The molecule has 4 N–H and O–H groups in total. The Balaban J connectivity index is 0.00000341. The van der Waals surface area contributed by atoms with Crippen molar-refractivity contribution in [1.82, 2.24) is 20.4 Å². The number of aryl methyl sites for hydroxylation is 1. The predicted octanol–water partition coefficient (Wildman–Crippen LogP) is 3.00. The van der Waals surface area contributed by atoms with Crippen molar-refractivity contribution in [2.45, 2.75) is 45.1 Å². The number of nitrogens with one attached hydrogen (secondary N) is 2. The highest BCUT2D eigenvalue weighted by Gasteiger charge is 2.29. The minimum absolute atomic E-state index is 0. The lowest BCUT2D eigenvalue weighted by molar-refractivity contribution is 0.0283. The number of rotatable bonds is 8. The first-order chi connectivity index (χ1) is 14.6. The third-order valence-corrected chi connectivity index (χ3v) is 5.21. The molecule has 1 aliphatic heterocycles. The van der Waals surface area contributed by atoms with Crippen LogP contribution < -0.4 is 16.4 Å². The SMILES string of the molecule is CCNC(=NCC1(C)CCCO1)NCCCc1nn(-c2ccccc2)c(N)c1C#N.I. The molecule has 0 aliphatic carbocycles. The zero-order valence-corrected chi connectivity index (χ0v) is 20.6. The third kappa shape index (κ3) is 6.58. The van der Waals surface area contributed by atoms with Crippen molar-refractivity contribution in [2.75, 3.05) is 32.0 Å². The summed E-state index contributed by atoms with van der Waals surface area (Å²) in [6, 6.07) is 11.8. The number of aromatic nitrogens is 2. The Bertz CT molecular complexity index is 899. The van der Waals surface area contributed by atoms with E-state index in [9.17, 15) is 5.26 Å². The van der Waals surface area contributed by atoms with Crippen molar-refractivity contribution in [3.63, 3.8) is 0 Å². The number of nitriles is 1. The second-order valence-corrected chi connectivity index (χ2v) is 7.69. The van der Waals surface area contributed by atoms with Gasteiger partial charge >= 0.3 is 0 Å². The van der Waals surface area contributed by atoms with E-state index in [1.807, 2.05) is 37.3 Å². The van der Waals surface area contributed by atoms with Gasteiger partial charge in [0.1, 0.15) is 17.5 Å². The van der Waals surface area contributed by atoms with Crippen LogP contribution in [0.1, 0.15) is 44.4 Å². The van der Waals surface area contributed by atoms with Gasteiger partial charge in [-0.3, -0.25) is 4.99 Å². The van der Waals surface area contributed by atoms with E-state index in [2.05, 4.69) is 33.7 Å². The number of nitrogens with zero attached hydrogens (tertiary/aromatic N) is 4. The van der Waals surface area contributed by atoms with Crippen LogP contribution in [0.15, 0.2) is 35.3 Å². The third-order valence-electron chi connectivity index (χ3n) is 5.21. The minimum Gasteiger partial charge on any atom is -0.382 e. The number of benzene rings is 1. The summed E-state index contributed by atoms with van der Waals surface area (Å²) in [6.45, 7) is 7.12. The first-order valence-electron chi connectivity index (χ1n) is 10.6. The number of ether oxygens (including phenoxy) is 1. The summed E-state index contributed by atoms with van der Waals surface area (Å²) in [5.41, 5.74) is 8.03. The van der Waals surface area contributed by atoms with Crippen LogP contribution in [0.25, 0.3) is 5.69 Å². The highest BCUT2D eigenvalue weighted by molar-refractivity contribution is 14.0. The zero-order valence-electron chi connectivity index (χ0n) is 18.2. The lowest BCUT2D eigenvalue weighted by Crippen LogP contribution is -2.39. The van der Waals surface area contributed by atoms with Gasteiger partial charge in [0, 0.05) is 19.7 Å². The molecule has 3 rings (SSSR count). The van der Waals surface area contributed by atoms with E-state index in [4.69, 9.17) is 10.5 Å². The Morgan fingerprint density at radius 3 is 2.77 bits per heavy atom. The number of nitrogens with two attached hydrogens (primary N) is 1. The average molecular weight is 537 g/mol. The summed E-state index contributed by atoms with van der Waals surface area (Å²) in [5, 5.41) is 20.7. The van der Waals surface area contributed by atoms with Crippen LogP contribution in [0.2, 0.25) is 0 Å². The number of halogens is 1. The first kappa shape index (κ1) is 24.9. The van der Waals surface area contributed by atoms with Crippen LogP contribution in [-0.2, 0) is 11.2 Å². The van der Waals surface area contributed by atoms with E-state index in [1.165, 1.54) is 0 Å². The van der Waals surface area contributed by atoms with Gasteiger partial charge in [-0.1, -0.05) is 18.2 Å². The summed E-state index contributed by atoms with van der Waals surface area (Å²) in [6.07, 6.45) is 3.59. The van der Waals surface area contributed by atoms with Crippen molar-refractivity contribution in [3.8, 4) is 11.8 Å². The molecule has 2 aromatic rings. The number of aliphatic imine (C=N–C) groups is 1. The summed E-state index contributed by atoms with van der Waals surface area (Å²) in [7, 11) is 0. The van der Waals surface area contributed by atoms with Gasteiger partial charge in [-0.05, 0) is 51.7 Å². The van der Waals surface area contributed by atoms with Gasteiger partial charge in [-0.25, -0.2) is 4.68 Å². The average Bonchev–Trinajstić information content (AvgIpc) is 3.33. The highest BCUT2D eigenvalue weighted by atomic mass is 127. The maximum absolute atomic E-state index is 9.53. The summed E-state index contributed by atoms with van der Waals surface area (Å²) in [5.74, 6) is 1.16. The van der Waals surface area contributed by atoms with Gasteiger partial charge in [0.2, 0.25) is 0 Å². The number of guanidine groups is 1. The number of para-hydroxylation sites is 1. The predicted molar refractivity (Wildman–Crippen MR) is 134 cm³/mol. The molecule has 168 valence electrons. The van der Waals surface area contributed by atoms with E-state index in [0.29, 0.717) is 30.9 Å². The van der Waals surface area contributed by atoms with Gasteiger partial charge in [0.15, 0.2) is 5.96 Å². The second kappa shape index (κ2) is 11.9. The molecule has 1 aromatic carbocycles. The van der Waals surface area contributed by atoms with Crippen LogP contribution in [-0.4, -0.2) is 47.6 Å². The van der Waals surface area contributed by atoms with Gasteiger partial charge in [-0.2, -0.15) is 10.4 Å². The minimum atomic E-state index is -0.161. The Kier molecular flexibility index (Phi) is 9.58.